The average Bonchev–Trinajstić information content (AvgIpc) is 2.98. The first-order valence-corrected chi connectivity index (χ1v) is 16.2. The van der Waals surface area contributed by atoms with Gasteiger partial charge in [-0.3, -0.25) is 28.8 Å². The van der Waals surface area contributed by atoms with E-state index in [0.717, 1.165) is 11.1 Å². The van der Waals surface area contributed by atoms with Gasteiger partial charge in [0, 0.05) is 11.1 Å². The fourth-order valence-corrected chi connectivity index (χ4v) is 4.66. The van der Waals surface area contributed by atoms with E-state index in [-0.39, 0.29) is 24.7 Å². The highest BCUT2D eigenvalue weighted by atomic mass is 16.6. The number of rotatable bonds is 15. The predicted molar refractivity (Wildman–Crippen MR) is 180 cm³/mol. The van der Waals surface area contributed by atoms with Crippen molar-refractivity contribution in [1.82, 2.24) is 0 Å². The number of carbonyl (C=O) groups is 6. The second-order valence-corrected chi connectivity index (χ2v) is 14.5. The molecule has 2 rings (SSSR count). The maximum atomic E-state index is 12.7. The number of ketones is 2. The minimum Gasteiger partial charge on any atom is -0.460 e. The molecule has 0 bridgehead atoms. The van der Waals surface area contributed by atoms with Crippen molar-refractivity contribution in [3.63, 3.8) is 0 Å². The lowest BCUT2D eigenvalue weighted by Crippen LogP contribution is -2.31. The van der Waals surface area contributed by atoms with Gasteiger partial charge < -0.3 is 18.9 Å². The van der Waals surface area contributed by atoms with Crippen LogP contribution in [0, 0.1) is 23.7 Å². The zero-order valence-electron chi connectivity index (χ0n) is 29.8. The summed E-state index contributed by atoms with van der Waals surface area (Å²) in [5, 5.41) is 0. The van der Waals surface area contributed by atoms with Gasteiger partial charge in [-0.1, -0.05) is 76.2 Å². The lowest BCUT2D eigenvalue weighted by atomic mass is 9.92. The molecular weight excluding hydrogens is 616 g/mol. The standard InChI is InChI=1S/C38H50O10/c1-23(2)29(19-33(41)47-37(5,6)7)35(43)45-21-31(39)27-15-11-25(12-16-27)26-13-17-28(18-14-26)32(40)22-46-36(44)30(24(3)4)20-34(42)48-38(8,9)10/h11-18,23-24,29-30H,19-22H2,1-10H3. The summed E-state index contributed by atoms with van der Waals surface area (Å²) in [4.78, 5) is 75.4. The van der Waals surface area contributed by atoms with Crippen molar-refractivity contribution < 1.29 is 47.7 Å². The highest BCUT2D eigenvalue weighted by molar-refractivity contribution is 5.99. The van der Waals surface area contributed by atoms with Gasteiger partial charge in [-0.25, -0.2) is 0 Å². The Hall–Kier alpha value is -4.34. The van der Waals surface area contributed by atoms with Crippen LogP contribution >= 0.6 is 0 Å². The minimum atomic E-state index is -0.738. The summed E-state index contributed by atoms with van der Waals surface area (Å²) in [5.74, 6) is -4.92. The SMILES string of the molecule is CC(C)C(CC(=O)OC(C)(C)C)C(=O)OCC(=O)c1ccc(-c2ccc(C(=O)COC(=O)C(CC(=O)OC(C)(C)C)C(C)C)cc2)cc1. The van der Waals surface area contributed by atoms with Crippen LogP contribution in [0.15, 0.2) is 48.5 Å². The van der Waals surface area contributed by atoms with Crippen LogP contribution in [0.25, 0.3) is 11.1 Å². The topological polar surface area (TPSA) is 139 Å². The number of hydrogen-bond donors (Lipinski definition) is 0. The van der Waals surface area contributed by atoms with E-state index in [1.54, 1.807) is 118 Å². The molecule has 0 amide bonds. The maximum absolute atomic E-state index is 12.7. The van der Waals surface area contributed by atoms with Gasteiger partial charge in [-0.2, -0.15) is 0 Å². The Bertz CT molecular complexity index is 1330. The van der Waals surface area contributed by atoms with Crippen molar-refractivity contribution in [2.75, 3.05) is 13.2 Å². The fourth-order valence-electron chi connectivity index (χ4n) is 4.66. The van der Waals surface area contributed by atoms with Gasteiger partial charge in [0.25, 0.3) is 0 Å². The highest BCUT2D eigenvalue weighted by Crippen LogP contribution is 2.24. The first-order chi connectivity index (χ1) is 22.2. The van der Waals surface area contributed by atoms with Crippen LogP contribution in [0.2, 0.25) is 0 Å². The third-order valence-corrected chi connectivity index (χ3v) is 7.27. The van der Waals surface area contributed by atoms with E-state index in [0.29, 0.717) is 11.1 Å². The average molecular weight is 667 g/mol. The first-order valence-electron chi connectivity index (χ1n) is 16.2. The third kappa shape index (κ3) is 13.4. The van der Waals surface area contributed by atoms with Crippen LogP contribution in [0.1, 0.15) is 103 Å². The van der Waals surface area contributed by atoms with Crippen LogP contribution in [0.4, 0.5) is 0 Å². The molecule has 0 heterocycles. The van der Waals surface area contributed by atoms with Crippen molar-refractivity contribution in [2.24, 2.45) is 23.7 Å². The Morgan fingerprint density at radius 3 is 1.06 bits per heavy atom. The van der Waals surface area contributed by atoms with E-state index in [1.807, 2.05) is 0 Å². The third-order valence-electron chi connectivity index (χ3n) is 7.27. The van der Waals surface area contributed by atoms with E-state index < -0.39 is 71.7 Å². The normalized spacial score (nSPS) is 13.0. The molecule has 2 aromatic rings. The monoisotopic (exact) mass is 666 g/mol. The van der Waals surface area contributed by atoms with Crippen molar-refractivity contribution in [3.8, 4) is 11.1 Å². The van der Waals surface area contributed by atoms with Gasteiger partial charge >= 0.3 is 23.9 Å². The summed E-state index contributed by atoms with van der Waals surface area (Å²) in [6.07, 6.45) is -0.277. The minimum absolute atomic E-state index is 0.138. The highest BCUT2D eigenvalue weighted by Gasteiger charge is 2.31. The van der Waals surface area contributed by atoms with E-state index >= 15 is 0 Å². The molecule has 2 atom stereocenters. The first kappa shape index (κ1) is 39.8. The van der Waals surface area contributed by atoms with Crippen LogP contribution < -0.4 is 0 Å². The lowest BCUT2D eigenvalue weighted by molar-refractivity contribution is -0.162. The van der Waals surface area contributed by atoms with Gasteiger partial charge in [-0.05, 0) is 64.5 Å². The molecule has 2 aromatic carbocycles. The van der Waals surface area contributed by atoms with Gasteiger partial charge in [0.05, 0.1) is 24.7 Å². The van der Waals surface area contributed by atoms with Crippen LogP contribution in [0.5, 0.6) is 0 Å². The van der Waals surface area contributed by atoms with Crippen LogP contribution in [-0.2, 0) is 38.1 Å². The molecule has 262 valence electrons. The van der Waals surface area contributed by atoms with E-state index in [1.165, 1.54) is 0 Å². The maximum Gasteiger partial charge on any atom is 0.310 e. The number of ether oxygens (including phenoxy) is 4. The largest absolute Gasteiger partial charge is 0.460 e. The summed E-state index contributed by atoms with van der Waals surface area (Å²) >= 11 is 0. The molecule has 0 aliphatic rings. The van der Waals surface area contributed by atoms with Gasteiger partial charge in [0.2, 0.25) is 0 Å². The van der Waals surface area contributed by atoms with Gasteiger partial charge in [0.15, 0.2) is 24.8 Å². The molecule has 0 aromatic heterocycles. The molecule has 0 aliphatic heterocycles. The Morgan fingerprint density at radius 2 is 0.812 bits per heavy atom. The summed E-state index contributed by atoms with van der Waals surface area (Å²) in [7, 11) is 0. The molecule has 10 nitrogen and oxygen atoms in total. The van der Waals surface area contributed by atoms with E-state index in [4.69, 9.17) is 18.9 Å². The second kappa shape index (κ2) is 17.2. The Labute approximate surface area is 283 Å². The van der Waals surface area contributed by atoms with Gasteiger partial charge in [0.1, 0.15) is 11.2 Å². The number of esters is 4. The summed E-state index contributed by atoms with van der Waals surface area (Å²) < 4.78 is 21.2. The molecule has 0 aliphatic carbocycles. The van der Waals surface area contributed by atoms with Crippen molar-refractivity contribution >= 4 is 35.4 Å². The zero-order chi connectivity index (χ0) is 36.4. The number of hydrogen-bond acceptors (Lipinski definition) is 10. The molecule has 0 radical (unpaired) electrons. The van der Waals surface area contributed by atoms with Crippen molar-refractivity contribution in [3.05, 3.63) is 59.7 Å². The molecule has 2 unspecified atom stereocenters. The molecule has 0 N–H and O–H groups in total. The number of benzene rings is 2. The number of Topliss-reactive ketones (excluding diaryl/α,β-unsaturated/α-hetero) is 2. The Balaban J connectivity index is 1.95. The Kier molecular flexibility index (Phi) is 14.3. The quantitative estimate of drug-likeness (QED) is 0.113. The smallest absolute Gasteiger partial charge is 0.310 e. The molecule has 0 fully saturated rings. The van der Waals surface area contributed by atoms with Crippen LogP contribution in [-0.4, -0.2) is 59.9 Å². The molecule has 0 saturated heterocycles. The zero-order valence-corrected chi connectivity index (χ0v) is 29.8. The summed E-state index contributed by atoms with van der Waals surface area (Å²) in [5.41, 5.74) is 0.913. The fraction of sp³-hybridized carbons (Fsp3) is 0.526. The van der Waals surface area contributed by atoms with Gasteiger partial charge in [-0.15, -0.1) is 0 Å². The van der Waals surface area contributed by atoms with Crippen molar-refractivity contribution in [1.29, 1.82) is 0 Å². The summed E-state index contributed by atoms with van der Waals surface area (Å²) in [6, 6.07) is 13.4. The lowest BCUT2D eigenvalue weighted by Gasteiger charge is -2.23. The molecular formula is C38H50O10. The van der Waals surface area contributed by atoms with Crippen LogP contribution in [0.3, 0.4) is 0 Å². The van der Waals surface area contributed by atoms with E-state index in [2.05, 4.69) is 0 Å². The number of carbonyl (C=O) groups excluding carboxylic acids is 6. The predicted octanol–water partition coefficient (Wildman–Crippen LogP) is 6.81. The van der Waals surface area contributed by atoms with Crippen molar-refractivity contribution in [2.45, 2.75) is 93.3 Å². The summed E-state index contributed by atoms with van der Waals surface area (Å²) in [6.45, 7) is 16.8. The molecule has 10 heteroatoms. The molecule has 0 spiro atoms. The van der Waals surface area contributed by atoms with E-state index in [9.17, 15) is 28.8 Å². The Morgan fingerprint density at radius 1 is 0.521 bits per heavy atom. The second-order valence-electron chi connectivity index (χ2n) is 14.5. The molecule has 48 heavy (non-hydrogen) atoms. The molecule has 0 saturated carbocycles.